The highest BCUT2D eigenvalue weighted by molar-refractivity contribution is 7.91. The van der Waals surface area contributed by atoms with Gasteiger partial charge < -0.3 is 14.5 Å². The minimum Gasteiger partial charge on any atom is -0.494 e. The number of para-hydroxylation sites is 1. The number of pyridine rings is 1. The number of hydrogen-bond donors (Lipinski definition) is 2. The van der Waals surface area contributed by atoms with E-state index in [0.29, 0.717) is 39.8 Å². The minimum atomic E-state index is -3.92. The second kappa shape index (κ2) is 9.94. The molecule has 0 atom stereocenters. The van der Waals surface area contributed by atoms with E-state index in [9.17, 15) is 17.6 Å². The molecule has 0 unspecified atom stereocenters. The Morgan fingerprint density at radius 2 is 1.66 bits per heavy atom. The first-order chi connectivity index (χ1) is 18.3. The van der Waals surface area contributed by atoms with E-state index in [0.717, 1.165) is 0 Å². The summed E-state index contributed by atoms with van der Waals surface area (Å²) < 4.78 is 54.1. The summed E-state index contributed by atoms with van der Waals surface area (Å²) >= 11 is 0. The SMILES string of the molecule is COc1cccc(OC)c1-n1c(-c2cccc(=O)[nH]2)nc2nnc(NS(=O)(=O)Cc3ccc(F)cc3)cc21. The van der Waals surface area contributed by atoms with Crippen molar-refractivity contribution in [2.75, 3.05) is 18.9 Å². The second-order valence-corrected chi connectivity index (χ2v) is 9.86. The number of halogens is 1. The van der Waals surface area contributed by atoms with E-state index < -0.39 is 21.6 Å². The van der Waals surface area contributed by atoms with E-state index in [1.807, 2.05) is 0 Å². The molecule has 0 spiro atoms. The van der Waals surface area contributed by atoms with Crippen molar-refractivity contribution < 1.29 is 22.3 Å². The number of imidazole rings is 1. The van der Waals surface area contributed by atoms with Crippen LogP contribution in [0, 0.1) is 5.82 Å². The van der Waals surface area contributed by atoms with Crippen LogP contribution < -0.4 is 19.8 Å². The molecule has 0 aliphatic carbocycles. The molecule has 194 valence electrons. The standard InChI is InChI=1S/C25H21FN6O5S/c1-36-19-6-4-7-20(37-2)23(19)32-18-13-21(31-38(34,35)14-15-9-11-16(26)12-10-15)29-30-24(18)28-25(32)17-5-3-8-22(33)27-17/h3-13H,14H2,1-2H3,(H,27,33)(H,29,31). The summed E-state index contributed by atoms with van der Waals surface area (Å²) in [7, 11) is -0.932. The predicted molar refractivity (Wildman–Crippen MR) is 138 cm³/mol. The number of nitrogens with one attached hydrogen (secondary N) is 2. The van der Waals surface area contributed by atoms with Crippen LogP contribution in [-0.4, -0.2) is 47.4 Å². The van der Waals surface area contributed by atoms with Crippen LogP contribution in [0.4, 0.5) is 10.2 Å². The molecule has 3 heterocycles. The van der Waals surface area contributed by atoms with Crippen LogP contribution >= 0.6 is 0 Å². The van der Waals surface area contributed by atoms with Gasteiger partial charge in [0.2, 0.25) is 21.2 Å². The lowest BCUT2D eigenvalue weighted by Gasteiger charge is -2.16. The number of ether oxygens (including phenoxy) is 2. The molecule has 0 fully saturated rings. The number of fused-ring (bicyclic) bond motifs is 1. The molecule has 2 N–H and O–H groups in total. The maximum absolute atomic E-state index is 13.2. The Kier molecular flexibility index (Phi) is 6.51. The molecule has 5 aromatic rings. The van der Waals surface area contributed by atoms with E-state index in [2.05, 4.69) is 24.9 Å². The highest BCUT2D eigenvalue weighted by Gasteiger charge is 2.23. The number of H-pyrrole nitrogens is 1. The molecule has 11 nitrogen and oxygen atoms in total. The van der Waals surface area contributed by atoms with Gasteiger partial charge in [-0.05, 0) is 35.9 Å². The van der Waals surface area contributed by atoms with Crippen molar-refractivity contribution in [3.05, 3.63) is 88.5 Å². The van der Waals surface area contributed by atoms with E-state index >= 15 is 0 Å². The highest BCUT2D eigenvalue weighted by Crippen LogP contribution is 2.38. The number of methoxy groups -OCH3 is 2. The van der Waals surface area contributed by atoms with Gasteiger partial charge in [-0.25, -0.2) is 17.8 Å². The number of aromatic nitrogens is 5. The second-order valence-electron chi connectivity index (χ2n) is 8.14. The maximum atomic E-state index is 13.2. The molecular formula is C25H21FN6O5S. The first-order valence-electron chi connectivity index (χ1n) is 11.2. The van der Waals surface area contributed by atoms with Crippen LogP contribution in [0.15, 0.2) is 71.5 Å². The van der Waals surface area contributed by atoms with Gasteiger partial charge in [0.25, 0.3) is 0 Å². The Hall–Kier alpha value is -4.78. The Morgan fingerprint density at radius 1 is 0.974 bits per heavy atom. The van der Waals surface area contributed by atoms with Crippen molar-refractivity contribution >= 4 is 27.0 Å². The monoisotopic (exact) mass is 536 g/mol. The van der Waals surface area contributed by atoms with Crippen molar-refractivity contribution in [2.45, 2.75) is 5.75 Å². The molecule has 0 saturated heterocycles. The third-order valence-corrected chi connectivity index (χ3v) is 6.82. The van der Waals surface area contributed by atoms with Crippen molar-refractivity contribution in [1.82, 2.24) is 24.7 Å². The topological polar surface area (TPSA) is 141 Å². The van der Waals surface area contributed by atoms with Crippen LogP contribution in [0.5, 0.6) is 11.5 Å². The minimum absolute atomic E-state index is 0.0669. The van der Waals surface area contributed by atoms with Crippen LogP contribution in [0.3, 0.4) is 0 Å². The van der Waals surface area contributed by atoms with Gasteiger partial charge in [0, 0.05) is 12.1 Å². The summed E-state index contributed by atoms with van der Waals surface area (Å²) in [5.41, 5.74) is 1.43. The number of hydrogen-bond acceptors (Lipinski definition) is 8. The van der Waals surface area contributed by atoms with Crippen LogP contribution in [0.1, 0.15) is 5.56 Å². The maximum Gasteiger partial charge on any atom is 0.248 e. The van der Waals surface area contributed by atoms with E-state index in [4.69, 9.17) is 9.47 Å². The van der Waals surface area contributed by atoms with Crippen molar-refractivity contribution in [2.24, 2.45) is 0 Å². The van der Waals surface area contributed by atoms with Gasteiger partial charge >= 0.3 is 0 Å². The first kappa shape index (κ1) is 24.9. The van der Waals surface area contributed by atoms with Crippen LogP contribution in [-0.2, 0) is 15.8 Å². The summed E-state index contributed by atoms with van der Waals surface area (Å²) in [6.07, 6.45) is 0. The molecule has 3 aromatic heterocycles. The molecule has 0 amide bonds. The number of anilines is 1. The number of nitrogens with zero attached hydrogens (tertiary/aromatic N) is 4. The highest BCUT2D eigenvalue weighted by atomic mass is 32.2. The van der Waals surface area contributed by atoms with Crippen LogP contribution in [0.25, 0.3) is 28.4 Å². The largest absolute Gasteiger partial charge is 0.494 e. The third-order valence-electron chi connectivity index (χ3n) is 5.58. The van der Waals surface area contributed by atoms with Gasteiger partial charge in [-0.1, -0.05) is 24.3 Å². The molecule has 13 heteroatoms. The molecule has 0 aliphatic rings. The van der Waals surface area contributed by atoms with Gasteiger partial charge in [0.05, 0.1) is 31.2 Å². The molecule has 0 saturated carbocycles. The fraction of sp³-hybridized carbons (Fsp3) is 0.120. The van der Waals surface area contributed by atoms with Crippen molar-refractivity contribution in [3.8, 4) is 28.7 Å². The molecule has 2 aromatic carbocycles. The van der Waals surface area contributed by atoms with Crippen molar-refractivity contribution in [3.63, 3.8) is 0 Å². The number of aromatic amines is 1. The molecular weight excluding hydrogens is 515 g/mol. The van der Waals surface area contributed by atoms with Gasteiger partial charge in [0.15, 0.2) is 11.6 Å². The van der Waals surface area contributed by atoms with E-state index in [1.54, 1.807) is 34.9 Å². The van der Waals surface area contributed by atoms with Crippen molar-refractivity contribution in [1.29, 1.82) is 0 Å². The lowest BCUT2D eigenvalue weighted by molar-refractivity contribution is 0.391. The first-order valence-corrected chi connectivity index (χ1v) is 12.9. The van der Waals surface area contributed by atoms with E-state index in [1.165, 1.54) is 50.6 Å². The summed E-state index contributed by atoms with van der Waals surface area (Å²) in [5, 5.41) is 8.10. The Labute approximate surface area is 216 Å². The zero-order valence-electron chi connectivity index (χ0n) is 20.2. The molecule has 0 aliphatic heterocycles. The fourth-order valence-corrected chi connectivity index (χ4v) is 5.09. The Balaban J connectivity index is 1.67. The summed E-state index contributed by atoms with van der Waals surface area (Å²) in [5.74, 6) is 0.218. The number of sulfonamides is 1. The zero-order valence-corrected chi connectivity index (χ0v) is 21.0. The third kappa shape index (κ3) is 4.91. The lowest BCUT2D eigenvalue weighted by atomic mass is 10.2. The van der Waals surface area contributed by atoms with Gasteiger partial charge in [-0.3, -0.25) is 14.1 Å². The molecule has 0 bridgehead atoms. The Morgan fingerprint density at radius 3 is 2.32 bits per heavy atom. The van der Waals surface area contributed by atoms with E-state index in [-0.39, 0.29) is 17.0 Å². The number of rotatable bonds is 8. The molecule has 0 radical (unpaired) electrons. The Bertz CT molecular complexity index is 1780. The van der Waals surface area contributed by atoms with Gasteiger partial charge in [-0.2, -0.15) is 0 Å². The average molecular weight is 537 g/mol. The quantitative estimate of drug-likeness (QED) is 0.308. The van der Waals surface area contributed by atoms with Crippen LogP contribution in [0.2, 0.25) is 0 Å². The normalized spacial score (nSPS) is 11.4. The van der Waals surface area contributed by atoms with Gasteiger partial charge in [-0.15, -0.1) is 10.2 Å². The average Bonchev–Trinajstić information content (AvgIpc) is 3.27. The lowest BCUT2D eigenvalue weighted by Crippen LogP contribution is -2.16. The smallest absolute Gasteiger partial charge is 0.248 e. The zero-order chi connectivity index (χ0) is 26.9. The fourth-order valence-electron chi connectivity index (χ4n) is 3.97. The predicted octanol–water partition coefficient (Wildman–Crippen LogP) is 3.27. The summed E-state index contributed by atoms with van der Waals surface area (Å²) in [4.78, 5) is 19.4. The van der Waals surface area contributed by atoms with Gasteiger partial charge in [0.1, 0.15) is 23.0 Å². The summed E-state index contributed by atoms with van der Waals surface area (Å²) in [6, 6.07) is 16.4. The number of benzene rings is 2. The molecule has 38 heavy (non-hydrogen) atoms. The summed E-state index contributed by atoms with van der Waals surface area (Å²) in [6.45, 7) is 0. The molecule has 5 rings (SSSR count).